The Morgan fingerprint density at radius 2 is 2.10 bits per heavy atom. The molecule has 0 aliphatic carbocycles. The Morgan fingerprint density at radius 3 is 2.86 bits per heavy atom. The van der Waals surface area contributed by atoms with Crippen LogP contribution in [0.15, 0.2) is 39.7 Å². The van der Waals surface area contributed by atoms with Gasteiger partial charge in [0.05, 0.1) is 28.0 Å². The van der Waals surface area contributed by atoms with Crippen molar-refractivity contribution in [1.29, 1.82) is 0 Å². The molecule has 0 radical (unpaired) electrons. The summed E-state index contributed by atoms with van der Waals surface area (Å²) in [4.78, 5) is 13.0. The number of benzene rings is 2. The second kappa shape index (κ2) is 5.92. The minimum Gasteiger partial charge on any atom is -0.319 e. The number of aromatic nitrogens is 2. The lowest BCUT2D eigenvalue weighted by Crippen LogP contribution is -2.13. The maximum Gasteiger partial charge on any atom is 0.256 e. The van der Waals surface area contributed by atoms with Crippen LogP contribution >= 0.6 is 51.9 Å². The van der Waals surface area contributed by atoms with E-state index >= 15 is 0 Å². The average molecular weight is 401 g/mol. The predicted octanol–water partition coefficient (Wildman–Crippen LogP) is 4.65. The molecule has 1 aromatic heterocycles. The Bertz CT molecular complexity index is 853. The number of rotatable bonds is 2. The summed E-state index contributed by atoms with van der Waals surface area (Å²) >= 11 is 14.9. The van der Waals surface area contributed by atoms with Crippen LogP contribution in [0.1, 0.15) is 10.4 Å². The number of halogens is 2. The van der Waals surface area contributed by atoms with Crippen molar-refractivity contribution >= 4 is 74.5 Å². The average Bonchev–Trinajstić information content (AvgIpc) is 2.90. The molecule has 0 spiro atoms. The van der Waals surface area contributed by atoms with Crippen LogP contribution < -0.4 is 5.32 Å². The van der Waals surface area contributed by atoms with E-state index in [4.69, 9.17) is 11.6 Å². The zero-order chi connectivity index (χ0) is 15.0. The van der Waals surface area contributed by atoms with Gasteiger partial charge in [-0.25, -0.2) is 0 Å². The van der Waals surface area contributed by atoms with Crippen molar-refractivity contribution in [3.63, 3.8) is 0 Å². The molecular formula is C13H7BrClN3OS2. The van der Waals surface area contributed by atoms with Gasteiger partial charge in [-0.2, -0.15) is 8.75 Å². The minimum absolute atomic E-state index is 0.296. The zero-order valence-electron chi connectivity index (χ0n) is 10.3. The van der Waals surface area contributed by atoms with Crippen LogP contribution in [-0.2, 0) is 0 Å². The van der Waals surface area contributed by atoms with Gasteiger partial charge in [-0.3, -0.25) is 4.79 Å². The van der Waals surface area contributed by atoms with Gasteiger partial charge in [-0.1, -0.05) is 27.5 Å². The quantitative estimate of drug-likeness (QED) is 0.616. The molecule has 0 aliphatic rings. The van der Waals surface area contributed by atoms with E-state index in [9.17, 15) is 4.79 Å². The van der Waals surface area contributed by atoms with Gasteiger partial charge in [0.1, 0.15) is 11.0 Å². The molecule has 8 heteroatoms. The number of nitrogens with one attached hydrogen (secondary N) is 1. The van der Waals surface area contributed by atoms with E-state index in [1.807, 2.05) is 0 Å². The van der Waals surface area contributed by atoms with Crippen LogP contribution in [0.25, 0.3) is 11.0 Å². The summed E-state index contributed by atoms with van der Waals surface area (Å²) in [7, 11) is 0. The molecule has 3 aromatic rings. The van der Waals surface area contributed by atoms with Crippen molar-refractivity contribution < 1.29 is 4.79 Å². The summed E-state index contributed by atoms with van der Waals surface area (Å²) in [6, 6.07) is 8.67. The number of nitrogens with zero attached hydrogens (tertiary/aromatic N) is 2. The number of carbonyl (C=O) groups is 1. The highest BCUT2D eigenvalue weighted by Gasteiger charge is 2.15. The third kappa shape index (κ3) is 2.91. The number of thiol groups is 1. The minimum atomic E-state index is -0.296. The van der Waals surface area contributed by atoms with E-state index in [2.05, 4.69) is 42.6 Å². The molecule has 0 saturated heterocycles. The first-order chi connectivity index (χ1) is 10.1. The van der Waals surface area contributed by atoms with Gasteiger partial charge in [0.2, 0.25) is 0 Å². The van der Waals surface area contributed by atoms with Gasteiger partial charge < -0.3 is 5.32 Å². The fourth-order valence-electron chi connectivity index (χ4n) is 1.82. The molecular weight excluding hydrogens is 394 g/mol. The van der Waals surface area contributed by atoms with E-state index < -0.39 is 0 Å². The van der Waals surface area contributed by atoms with Crippen molar-refractivity contribution in [2.75, 3.05) is 5.32 Å². The highest BCUT2D eigenvalue weighted by molar-refractivity contribution is 9.10. The van der Waals surface area contributed by atoms with Crippen LogP contribution in [0, 0.1) is 0 Å². The van der Waals surface area contributed by atoms with Crippen molar-refractivity contribution in [1.82, 2.24) is 8.75 Å². The summed E-state index contributed by atoms with van der Waals surface area (Å²) < 4.78 is 9.15. The highest BCUT2D eigenvalue weighted by Crippen LogP contribution is 2.31. The SMILES string of the molecule is O=C(Nc1c(Cl)ccc2nsnc12)c1ccc(Br)cc1S. The van der Waals surface area contributed by atoms with Gasteiger partial charge in [0.25, 0.3) is 5.91 Å². The third-order valence-electron chi connectivity index (χ3n) is 2.82. The van der Waals surface area contributed by atoms with E-state index in [1.165, 1.54) is 0 Å². The van der Waals surface area contributed by atoms with Crippen LogP contribution in [0.5, 0.6) is 0 Å². The van der Waals surface area contributed by atoms with Crippen molar-refractivity contribution in [2.24, 2.45) is 0 Å². The molecule has 106 valence electrons. The smallest absolute Gasteiger partial charge is 0.256 e. The van der Waals surface area contributed by atoms with E-state index in [-0.39, 0.29) is 5.91 Å². The Labute approximate surface area is 143 Å². The molecule has 3 rings (SSSR count). The third-order valence-corrected chi connectivity index (χ3v) is 4.54. The molecule has 1 heterocycles. The largest absolute Gasteiger partial charge is 0.319 e. The number of carbonyl (C=O) groups excluding carboxylic acids is 1. The van der Waals surface area contributed by atoms with Crippen LogP contribution in [0.2, 0.25) is 5.02 Å². The van der Waals surface area contributed by atoms with E-state index in [0.717, 1.165) is 16.2 Å². The van der Waals surface area contributed by atoms with Crippen LogP contribution in [0.4, 0.5) is 5.69 Å². The van der Waals surface area contributed by atoms with Gasteiger partial charge in [0.15, 0.2) is 0 Å². The molecule has 1 N–H and O–H groups in total. The lowest BCUT2D eigenvalue weighted by molar-refractivity contribution is 0.102. The molecule has 4 nitrogen and oxygen atoms in total. The molecule has 21 heavy (non-hydrogen) atoms. The first kappa shape index (κ1) is 14.8. The van der Waals surface area contributed by atoms with Gasteiger partial charge >= 0.3 is 0 Å². The Morgan fingerprint density at radius 1 is 1.29 bits per heavy atom. The second-order valence-corrected chi connectivity index (χ2v) is 6.50. The monoisotopic (exact) mass is 399 g/mol. The lowest BCUT2D eigenvalue weighted by Gasteiger charge is -2.09. The molecule has 0 bridgehead atoms. The maximum atomic E-state index is 12.4. The molecule has 0 saturated carbocycles. The molecule has 2 aromatic carbocycles. The Balaban J connectivity index is 2.00. The predicted molar refractivity (Wildman–Crippen MR) is 91.8 cm³/mol. The lowest BCUT2D eigenvalue weighted by atomic mass is 10.2. The number of amides is 1. The number of anilines is 1. The molecule has 1 amide bonds. The first-order valence-electron chi connectivity index (χ1n) is 5.77. The number of fused-ring (bicyclic) bond motifs is 1. The van der Waals surface area contributed by atoms with Crippen LogP contribution in [0.3, 0.4) is 0 Å². The molecule has 0 unspecified atom stereocenters. The van der Waals surface area contributed by atoms with Gasteiger partial charge in [-0.05, 0) is 30.3 Å². The summed E-state index contributed by atoms with van der Waals surface area (Å²) in [6.45, 7) is 0. The van der Waals surface area contributed by atoms with Crippen molar-refractivity contribution in [2.45, 2.75) is 4.90 Å². The van der Waals surface area contributed by atoms with E-state index in [0.29, 0.717) is 32.2 Å². The number of hydrogen-bond acceptors (Lipinski definition) is 5. The summed E-state index contributed by atoms with van der Waals surface area (Å²) in [6.07, 6.45) is 0. The topological polar surface area (TPSA) is 54.9 Å². The normalized spacial score (nSPS) is 10.8. The fourth-order valence-corrected chi connectivity index (χ4v) is 3.42. The summed E-state index contributed by atoms with van der Waals surface area (Å²) in [5.74, 6) is -0.296. The molecule has 0 fully saturated rings. The second-order valence-electron chi connectivity index (χ2n) is 4.17. The summed E-state index contributed by atoms with van der Waals surface area (Å²) in [5.41, 5.74) is 2.20. The maximum absolute atomic E-state index is 12.4. The molecule has 0 aliphatic heterocycles. The standard InChI is InChI=1S/C13H7BrClN3OS2/c14-6-1-2-7(10(20)5-6)13(19)16-11-8(15)3-4-9-12(11)18-21-17-9/h1-5,20H,(H,16,19). The van der Waals surface area contributed by atoms with E-state index in [1.54, 1.807) is 30.3 Å². The van der Waals surface area contributed by atoms with Crippen LogP contribution in [-0.4, -0.2) is 14.7 Å². The summed E-state index contributed by atoms with van der Waals surface area (Å²) in [5, 5.41) is 3.20. The van der Waals surface area contributed by atoms with Crippen molar-refractivity contribution in [3.8, 4) is 0 Å². The van der Waals surface area contributed by atoms with Gasteiger partial charge in [-0.15, -0.1) is 12.6 Å². The van der Waals surface area contributed by atoms with Crippen molar-refractivity contribution in [3.05, 3.63) is 45.4 Å². The Kier molecular flexibility index (Phi) is 4.17. The molecule has 0 atom stereocenters. The Hall–Kier alpha value is -1.15. The number of hydrogen-bond donors (Lipinski definition) is 2. The fraction of sp³-hybridized carbons (Fsp3) is 0. The zero-order valence-corrected chi connectivity index (χ0v) is 14.4. The first-order valence-corrected chi connectivity index (χ1v) is 8.12. The van der Waals surface area contributed by atoms with Gasteiger partial charge in [0, 0.05) is 9.37 Å². The highest BCUT2D eigenvalue weighted by atomic mass is 79.9.